The van der Waals surface area contributed by atoms with Crippen LogP contribution in [0.3, 0.4) is 0 Å². The Labute approximate surface area is 180 Å². The molecule has 0 aromatic heterocycles. The third-order valence-electron chi connectivity index (χ3n) is 5.23. The summed E-state index contributed by atoms with van der Waals surface area (Å²) >= 11 is 0. The highest BCUT2D eigenvalue weighted by Crippen LogP contribution is 2.43. The molecule has 3 aromatic carbocycles. The summed E-state index contributed by atoms with van der Waals surface area (Å²) in [6, 6.07) is 9.27. The van der Waals surface area contributed by atoms with E-state index in [1.165, 1.54) is 31.2 Å². The van der Waals surface area contributed by atoms with Crippen molar-refractivity contribution in [2.24, 2.45) is 0 Å². The number of aliphatic hydroxyl groups is 1. The summed E-state index contributed by atoms with van der Waals surface area (Å²) in [5, 5.41) is 10.9. The monoisotopic (exact) mass is 441 g/mol. The van der Waals surface area contributed by atoms with E-state index in [1.54, 1.807) is 0 Å². The van der Waals surface area contributed by atoms with Crippen LogP contribution in [0.1, 0.15) is 22.7 Å². The van der Waals surface area contributed by atoms with Crippen LogP contribution in [0.15, 0.2) is 66.2 Å². The zero-order chi connectivity index (χ0) is 23.2. The van der Waals surface area contributed by atoms with Gasteiger partial charge < -0.3 is 5.11 Å². The van der Waals surface area contributed by atoms with Crippen LogP contribution in [0.4, 0.5) is 23.2 Å². The standard InChI is InChI=1S/C24H15F4NO3/c1-12-10-14(4-8-17(12)27)22(30)20-21(13-2-5-15(25)6-3-13)29(24(32)23(20)31)19-11-16(26)7-9-18(19)28/h2-11,21,30H,1H3/b22-20+. The summed E-state index contributed by atoms with van der Waals surface area (Å²) < 4.78 is 55.6. The number of hydrogen-bond acceptors (Lipinski definition) is 3. The van der Waals surface area contributed by atoms with Crippen molar-refractivity contribution < 1.29 is 32.3 Å². The number of anilines is 1. The van der Waals surface area contributed by atoms with Gasteiger partial charge in [0.05, 0.1) is 17.3 Å². The van der Waals surface area contributed by atoms with E-state index in [9.17, 15) is 32.3 Å². The lowest BCUT2D eigenvalue weighted by molar-refractivity contribution is -0.132. The molecule has 1 saturated heterocycles. The Morgan fingerprint density at radius 3 is 2.12 bits per heavy atom. The maximum atomic E-state index is 14.6. The number of carbonyl (C=O) groups excluding carboxylic acids is 2. The predicted octanol–water partition coefficient (Wildman–Crippen LogP) is 5.18. The van der Waals surface area contributed by atoms with Crippen LogP contribution in [-0.2, 0) is 9.59 Å². The molecular formula is C24H15F4NO3. The van der Waals surface area contributed by atoms with E-state index in [4.69, 9.17) is 0 Å². The largest absolute Gasteiger partial charge is 0.507 e. The molecular weight excluding hydrogens is 426 g/mol. The third-order valence-corrected chi connectivity index (χ3v) is 5.23. The number of nitrogens with zero attached hydrogens (tertiary/aromatic N) is 1. The first-order chi connectivity index (χ1) is 15.2. The molecule has 0 aliphatic carbocycles. The van der Waals surface area contributed by atoms with Crippen LogP contribution in [0.5, 0.6) is 0 Å². The molecule has 1 unspecified atom stereocenters. The molecule has 1 heterocycles. The summed E-state index contributed by atoms with van der Waals surface area (Å²) in [6.45, 7) is 1.45. The summed E-state index contributed by atoms with van der Waals surface area (Å²) in [5.41, 5.74) is -0.534. The number of aryl methyl sites for hydroxylation is 1. The van der Waals surface area contributed by atoms with Crippen LogP contribution in [0, 0.1) is 30.2 Å². The Kier molecular flexibility index (Phi) is 5.30. The molecule has 0 radical (unpaired) electrons. The van der Waals surface area contributed by atoms with Gasteiger partial charge in [0.2, 0.25) is 0 Å². The number of carbonyl (C=O) groups is 2. The van der Waals surface area contributed by atoms with E-state index in [0.29, 0.717) is 0 Å². The first kappa shape index (κ1) is 21.3. The molecule has 1 atom stereocenters. The summed E-state index contributed by atoms with van der Waals surface area (Å²) in [7, 11) is 0. The van der Waals surface area contributed by atoms with Gasteiger partial charge in [-0.05, 0) is 60.5 Å². The van der Waals surface area contributed by atoms with E-state index in [-0.39, 0.29) is 16.7 Å². The van der Waals surface area contributed by atoms with Gasteiger partial charge in [0.25, 0.3) is 11.7 Å². The van der Waals surface area contributed by atoms with E-state index in [0.717, 1.165) is 41.3 Å². The maximum absolute atomic E-state index is 14.6. The number of rotatable bonds is 3. The second-order valence-electron chi connectivity index (χ2n) is 7.28. The topological polar surface area (TPSA) is 57.6 Å². The van der Waals surface area contributed by atoms with Crippen molar-refractivity contribution in [2.45, 2.75) is 13.0 Å². The van der Waals surface area contributed by atoms with Gasteiger partial charge in [-0.25, -0.2) is 17.6 Å². The van der Waals surface area contributed by atoms with E-state index < -0.39 is 58.0 Å². The first-order valence-corrected chi connectivity index (χ1v) is 9.47. The Morgan fingerprint density at radius 1 is 0.844 bits per heavy atom. The number of aliphatic hydroxyl groups excluding tert-OH is 1. The molecule has 4 nitrogen and oxygen atoms in total. The van der Waals surface area contributed by atoms with Crippen molar-refractivity contribution in [2.75, 3.05) is 4.90 Å². The molecule has 4 rings (SSSR count). The number of hydrogen-bond donors (Lipinski definition) is 1. The fraction of sp³-hybridized carbons (Fsp3) is 0.0833. The van der Waals surface area contributed by atoms with E-state index in [1.807, 2.05) is 0 Å². The number of ketones is 1. The first-order valence-electron chi connectivity index (χ1n) is 9.47. The van der Waals surface area contributed by atoms with Gasteiger partial charge in [-0.1, -0.05) is 12.1 Å². The molecule has 8 heteroatoms. The second kappa shape index (κ2) is 7.96. The molecule has 0 bridgehead atoms. The molecule has 1 aliphatic rings. The highest BCUT2D eigenvalue weighted by molar-refractivity contribution is 6.51. The molecule has 32 heavy (non-hydrogen) atoms. The summed E-state index contributed by atoms with van der Waals surface area (Å²) in [6.07, 6.45) is 0. The molecule has 0 spiro atoms. The zero-order valence-corrected chi connectivity index (χ0v) is 16.6. The number of benzene rings is 3. The van der Waals surface area contributed by atoms with Crippen LogP contribution in [-0.4, -0.2) is 16.8 Å². The average Bonchev–Trinajstić information content (AvgIpc) is 3.02. The van der Waals surface area contributed by atoms with Crippen LogP contribution in [0.25, 0.3) is 5.76 Å². The molecule has 162 valence electrons. The lowest BCUT2D eigenvalue weighted by atomic mass is 9.94. The Morgan fingerprint density at radius 2 is 1.47 bits per heavy atom. The molecule has 1 aliphatic heterocycles. The van der Waals surface area contributed by atoms with Crippen molar-refractivity contribution in [1.82, 2.24) is 0 Å². The minimum atomic E-state index is -1.38. The Bertz CT molecular complexity index is 1280. The van der Waals surface area contributed by atoms with Gasteiger partial charge in [-0.15, -0.1) is 0 Å². The molecule has 0 saturated carbocycles. The minimum absolute atomic E-state index is 0.0497. The van der Waals surface area contributed by atoms with Crippen LogP contribution in [0.2, 0.25) is 0 Å². The van der Waals surface area contributed by atoms with Gasteiger partial charge >= 0.3 is 0 Å². The smallest absolute Gasteiger partial charge is 0.300 e. The van der Waals surface area contributed by atoms with Crippen molar-refractivity contribution >= 4 is 23.1 Å². The van der Waals surface area contributed by atoms with Crippen molar-refractivity contribution in [1.29, 1.82) is 0 Å². The van der Waals surface area contributed by atoms with Gasteiger partial charge in [-0.2, -0.15) is 0 Å². The quantitative estimate of drug-likeness (QED) is 0.264. The number of Topliss-reactive ketones (excluding diaryl/α,β-unsaturated/α-hetero) is 1. The lowest BCUT2D eigenvalue weighted by Crippen LogP contribution is -2.30. The molecule has 3 aromatic rings. The lowest BCUT2D eigenvalue weighted by Gasteiger charge is -2.25. The molecule has 1 N–H and O–H groups in total. The van der Waals surface area contributed by atoms with Crippen molar-refractivity contribution in [3.8, 4) is 0 Å². The van der Waals surface area contributed by atoms with Crippen LogP contribution >= 0.6 is 0 Å². The highest BCUT2D eigenvalue weighted by atomic mass is 19.1. The van der Waals surface area contributed by atoms with Crippen LogP contribution < -0.4 is 4.90 Å². The third kappa shape index (κ3) is 3.53. The fourth-order valence-corrected chi connectivity index (χ4v) is 3.66. The number of amides is 1. The highest BCUT2D eigenvalue weighted by Gasteiger charge is 2.47. The van der Waals surface area contributed by atoms with Gasteiger partial charge in [0, 0.05) is 11.6 Å². The Hall–Kier alpha value is -3.94. The second-order valence-corrected chi connectivity index (χ2v) is 7.28. The van der Waals surface area contributed by atoms with Gasteiger partial charge in [-0.3, -0.25) is 14.5 Å². The van der Waals surface area contributed by atoms with E-state index in [2.05, 4.69) is 0 Å². The van der Waals surface area contributed by atoms with Crippen molar-refractivity contribution in [3.63, 3.8) is 0 Å². The summed E-state index contributed by atoms with van der Waals surface area (Å²) in [4.78, 5) is 26.5. The maximum Gasteiger partial charge on any atom is 0.300 e. The number of halogens is 4. The predicted molar refractivity (Wildman–Crippen MR) is 109 cm³/mol. The average molecular weight is 441 g/mol. The van der Waals surface area contributed by atoms with E-state index >= 15 is 0 Å². The van der Waals surface area contributed by atoms with Gasteiger partial charge in [0.1, 0.15) is 29.0 Å². The molecule has 1 amide bonds. The summed E-state index contributed by atoms with van der Waals surface area (Å²) in [5.74, 6) is -5.95. The normalized spacial score (nSPS) is 17.8. The molecule has 1 fully saturated rings. The minimum Gasteiger partial charge on any atom is -0.507 e. The zero-order valence-electron chi connectivity index (χ0n) is 16.6. The van der Waals surface area contributed by atoms with Crippen molar-refractivity contribution in [3.05, 3.63) is 106 Å². The SMILES string of the molecule is Cc1cc(/C(O)=C2\C(=O)C(=O)N(c3cc(F)ccc3F)C2c2ccc(F)cc2)ccc1F. The van der Waals surface area contributed by atoms with Gasteiger partial charge in [0.15, 0.2) is 0 Å². The fourth-order valence-electron chi connectivity index (χ4n) is 3.66. The Balaban J connectivity index is 1.99.